The molecule has 4 heteroatoms. The van der Waals surface area contributed by atoms with E-state index in [0.29, 0.717) is 12.4 Å². The Hall–Kier alpha value is -2.30. The Kier molecular flexibility index (Phi) is 5.74. The first-order valence-corrected chi connectivity index (χ1v) is 8.78. The van der Waals surface area contributed by atoms with Crippen LogP contribution >= 0.6 is 15.9 Å². The van der Waals surface area contributed by atoms with Crippen LogP contribution in [-0.4, -0.2) is 5.11 Å². The number of rotatable bonds is 6. The van der Waals surface area contributed by atoms with E-state index in [4.69, 9.17) is 9.47 Å². The van der Waals surface area contributed by atoms with E-state index in [-0.39, 0.29) is 6.61 Å². The lowest BCUT2D eigenvalue weighted by molar-refractivity contribution is 0.279. The third-order valence-electron chi connectivity index (χ3n) is 3.64. The van der Waals surface area contributed by atoms with E-state index in [1.54, 1.807) is 0 Å². The van der Waals surface area contributed by atoms with Crippen LogP contribution in [0, 0.1) is 6.92 Å². The first kappa shape index (κ1) is 17.5. The van der Waals surface area contributed by atoms with Gasteiger partial charge in [-0.2, -0.15) is 0 Å². The van der Waals surface area contributed by atoms with Crippen molar-refractivity contribution in [1.29, 1.82) is 0 Å². The van der Waals surface area contributed by atoms with Gasteiger partial charge in [-0.15, -0.1) is 0 Å². The van der Waals surface area contributed by atoms with Gasteiger partial charge in [0.05, 0.1) is 6.61 Å². The predicted octanol–water partition coefficient (Wildman–Crippen LogP) is 5.62. The minimum atomic E-state index is -0.0485. The molecule has 3 aromatic carbocycles. The van der Waals surface area contributed by atoms with Gasteiger partial charge < -0.3 is 14.6 Å². The van der Waals surface area contributed by atoms with Crippen LogP contribution in [-0.2, 0) is 13.2 Å². The number of ether oxygens (including phenoxy) is 2. The first-order valence-electron chi connectivity index (χ1n) is 7.99. The Morgan fingerprint density at radius 2 is 1.60 bits per heavy atom. The molecule has 3 rings (SSSR count). The minimum Gasteiger partial charge on any atom is -0.489 e. The van der Waals surface area contributed by atoms with Gasteiger partial charge in [-0.25, -0.2) is 0 Å². The van der Waals surface area contributed by atoms with Crippen LogP contribution in [0.15, 0.2) is 71.2 Å². The molecule has 25 heavy (non-hydrogen) atoms. The van der Waals surface area contributed by atoms with Crippen molar-refractivity contribution in [1.82, 2.24) is 0 Å². The molecule has 0 heterocycles. The summed E-state index contributed by atoms with van der Waals surface area (Å²) in [5.74, 6) is 2.23. The molecular weight excluding hydrogens is 380 g/mol. The van der Waals surface area contributed by atoms with Gasteiger partial charge in [0.2, 0.25) is 0 Å². The van der Waals surface area contributed by atoms with Gasteiger partial charge in [0, 0.05) is 4.47 Å². The molecule has 0 bridgehead atoms. The summed E-state index contributed by atoms with van der Waals surface area (Å²) in [5, 5.41) is 9.51. The Labute approximate surface area is 156 Å². The molecular formula is C21H19BrO3. The van der Waals surface area contributed by atoms with Gasteiger partial charge >= 0.3 is 0 Å². The summed E-state index contributed by atoms with van der Waals surface area (Å²) >= 11 is 3.43. The lowest BCUT2D eigenvalue weighted by Crippen LogP contribution is -1.98. The van der Waals surface area contributed by atoms with Crippen molar-refractivity contribution in [2.75, 3.05) is 0 Å². The number of aryl methyl sites for hydroxylation is 1. The summed E-state index contributed by atoms with van der Waals surface area (Å²) in [4.78, 5) is 0. The number of aliphatic hydroxyl groups excluding tert-OH is 1. The fourth-order valence-corrected chi connectivity index (χ4v) is 2.88. The number of hydrogen-bond acceptors (Lipinski definition) is 3. The van der Waals surface area contributed by atoms with Crippen molar-refractivity contribution in [3.05, 3.63) is 87.9 Å². The molecule has 0 fully saturated rings. The third-order valence-corrected chi connectivity index (χ3v) is 4.13. The zero-order chi connectivity index (χ0) is 17.6. The SMILES string of the molecule is Cc1cccc(OCc2cc(CO)cc(Oc3cccc(Br)c3)c2)c1. The summed E-state index contributed by atoms with van der Waals surface area (Å²) in [6, 6.07) is 21.2. The van der Waals surface area contributed by atoms with Gasteiger partial charge in [-0.3, -0.25) is 0 Å². The monoisotopic (exact) mass is 398 g/mol. The van der Waals surface area contributed by atoms with Crippen molar-refractivity contribution in [3.63, 3.8) is 0 Å². The molecule has 0 spiro atoms. The maximum Gasteiger partial charge on any atom is 0.128 e. The van der Waals surface area contributed by atoms with Crippen molar-refractivity contribution in [2.24, 2.45) is 0 Å². The molecule has 1 N–H and O–H groups in total. The van der Waals surface area contributed by atoms with Crippen molar-refractivity contribution in [3.8, 4) is 17.2 Å². The van der Waals surface area contributed by atoms with E-state index in [0.717, 1.165) is 32.7 Å². The van der Waals surface area contributed by atoms with Crippen LogP contribution < -0.4 is 9.47 Å². The highest BCUT2D eigenvalue weighted by Crippen LogP contribution is 2.27. The summed E-state index contributed by atoms with van der Waals surface area (Å²) in [6.07, 6.45) is 0. The van der Waals surface area contributed by atoms with Crippen molar-refractivity contribution < 1.29 is 14.6 Å². The Balaban J connectivity index is 1.77. The lowest BCUT2D eigenvalue weighted by atomic mass is 10.1. The molecule has 0 amide bonds. The smallest absolute Gasteiger partial charge is 0.128 e. The molecule has 0 aliphatic carbocycles. The van der Waals surface area contributed by atoms with Crippen LogP contribution in [0.2, 0.25) is 0 Å². The quantitative estimate of drug-likeness (QED) is 0.585. The molecule has 0 aliphatic heterocycles. The number of aliphatic hydroxyl groups is 1. The molecule has 0 aromatic heterocycles. The number of hydrogen-bond donors (Lipinski definition) is 1. The molecule has 0 aliphatic rings. The summed E-state index contributed by atoms with van der Waals surface area (Å²) < 4.78 is 12.7. The first-order chi connectivity index (χ1) is 12.1. The zero-order valence-corrected chi connectivity index (χ0v) is 15.5. The van der Waals surface area contributed by atoms with Crippen molar-refractivity contribution in [2.45, 2.75) is 20.1 Å². The molecule has 0 unspecified atom stereocenters. The minimum absolute atomic E-state index is 0.0485. The summed E-state index contributed by atoms with van der Waals surface area (Å²) in [7, 11) is 0. The van der Waals surface area contributed by atoms with Crippen LogP contribution in [0.1, 0.15) is 16.7 Å². The van der Waals surface area contributed by atoms with Gasteiger partial charge in [-0.1, -0.05) is 34.1 Å². The van der Waals surface area contributed by atoms with Crippen LogP contribution in [0.5, 0.6) is 17.2 Å². The van der Waals surface area contributed by atoms with Gasteiger partial charge in [0.25, 0.3) is 0 Å². The standard InChI is InChI=1S/C21H19BrO3/c1-15-4-2-6-19(8-15)24-14-17-9-16(13-23)10-21(11-17)25-20-7-3-5-18(22)12-20/h2-12,23H,13-14H2,1H3. The topological polar surface area (TPSA) is 38.7 Å². The second kappa shape index (κ2) is 8.19. The normalized spacial score (nSPS) is 10.5. The molecule has 0 radical (unpaired) electrons. The van der Waals surface area contributed by atoms with E-state index < -0.39 is 0 Å². The van der Waals surface area contributed by atoms with Crippen LogP contribution in [0.25, 0.3) is 0 Å². The highest BCUT2D eigenvalue weighted by Gasteiger charge is 2.05. The van der Waals surface area contributed by atoms with E-state index >= 15 is 0 Å². The van der Waals surface area contributed by atoms with Crippen LogP contribution in [0.4, 0.5) is 0 Å². The van der Waals surface area contributed by atoms with Gasteiger partial charge in [-0.05, 0) is 72.1 Å². The van der Waals surface area contributed by atoms with Crippen LogP contribution in [0.3, 0.4) is 0 Å². The van der Waals surface area contributed by atoms with Gasteiger partial charge in [0.15, 0.2) is 0 Å². The Bertz CT molecular complexity index is 861. The van der Waals surface area contributed by atoms with E-state index in [1.807, 2.05) is 73.7 Å². The second-order valence-corrected chi connectivity index (χ2v) is 6.72. The van der Waals surface area contributed by atoms with E-state index in [9.17, 15) is 5.11 Å². The molecule has 0 saturated heterocycles. The maximum absolute atomic E-state index is 9.51. The number of benzene rings is 3. The molecule has 0 saturated carbocycles. The second-order valence-electron chi connectivity index (χ2n) is 5.81. The average molecular weight is 399 g/mol. The predicted molar refractivity (Wildman–Crippen MR) is 102 cm³/mol. The zero-order valence-electron chi connectivity index (χ0n) is 13.9. The average Bonchev–Trinajstić information content (AvgIpc) is 2.60. The highest BCUT2D eigenvalue weighted by atomic mass is 79.9. The summed E-state index contributed by atoms with van der Waals surface area (Å²) in [6.45, 7) is 2.39. The fourth-order valence-electron chi connectivity index (χ4n) is 2.50. The van der Waals surface area contributed by atoms with E-state index in [1.165, 1.54) is 0 Å². The maximum atomic E-state index is 9.51. The lowest BCUT2D eigenvalue weighted by Gasteiger charge is -2.12. The summed E-state index contributed by atoms with van der Waals surface area (Å²) in [5.41, 5.74) is 2.88. The molecule has 0 atom stereocenters. The van der Waals surface area contributed by atoms with Gasteiger partial charge in [0.1, 0.15) is 23.9 Å². The third kappa shape index (κ3) is 5.08. The molecule has 3 nitrogen and oxygen atoms in total. The largest absolute Gasteiger partial charge is 0.489 e. The van der Waals surface area contributed by atoms with Crippen molar-refractivity contribution >= 4 is 15.9 Å². The molecule has 128 valence electrons. The molecule has 3 aromatic rings. The highest BCUT2D eigenvalue weighted by molar-refractivity contribution is 9.10. The Morgan fingerprint density at radius 1 is 0.840 bits per heavy atom. The Morgan fingerprint density at radius 3 is 2.36 bits per heavy atom. The fraction of sp³-hybridized carbons (Fsp3) is 0.143. The number of halogens is 1. The van der Waals surface area contributed by atoms with E-state index in [2.05, 4.69) is 15.9 Å².